The number of nitrogens with zero attached hydrogens (tertiary/aromatic N) is 1. The molecule has 0 saturated carbocycles. The van der Waals surface area contributed by atoms with E-state index in [4.69, 9.17) is 11.6 Å². The minimum Gasteiger partial charge on any atom is -0.481 e. The van der Waals surface area contributed by atoms with Crippen molar-refractivity contribution in [3.8, 4) is 0 Å². The van der Waals surface area contributed by atoms with E-state index in [1.807, 2.05) is 20.8 Å². The number of halogens is 2. The van der Waals surface area contributed by atoms with Gasteiger partial charge in [-0.15, -0.1) is 0 Å². The van der Waals surface area contributed by atoms with Crippen molar-refractivity contribution in [3.05, 3.63) is 34.6 Å². The molecule has 1 aromatic rings. The van der Waals surface area contributed by atoms with Gasteiger partial charge >= 0.3 is 5.97 Å². The summed E-state index contributed by atoms with van der Waals surface area (Å²) in [5.74, 6) is -2.81. The average Bonchev–Trinajstić information content (AvgIpc) is 2.70. The van der Waals surface area contributed by atoms with Gasteiger partial charge in [0.25, 0.3) is 0 Å². The van der Waals surface area contributed by atoms with E-state index in [1.54, 1.807) is 6.07 Å². The largest absolute Gasteiger partial charge is 0.481 e. The van der Waals surface area contributed by atoms with Gasteiger partial charge in [0.1, 0.15) is 5.82 Å². The Morgan fingerprint density at radius 3 is 2.52 bits per heavy atom. The van der Waals surface area contributed by atoms with Crippen LogP contribution in [0.4, 0.5) is 4.39 Å². The van der Waals surface area contributed by atoms with Crippen LogP contribution >= 0.6 is 11.6 Å². The molecule has 21 heavy (non-hydrogen) atoms. The number of hydrogen-bond donors (Lipinski definition) is 1. The quantitative estimate of drug-likeness (QED) is 0.911. The molecule has 2 atom stereocenters. The van der Waals surface area contributed by atoms with Gasteiger partial charge in [-0.2, -0.15) is 0 Å². The number of carbonyl (C=O) groups excluding carboxylic acids is 1. The first-order valence-electron chi connectivity index (χ1n) is 6.63. The fourth-order valence-corrected chi connectivity index (χ4v) is 2.94. The summed E-state index contributed by atoms with van der Waals surface area (Å²) in [7, 11) is 0. The van der Waals surface area contributed by atoms with Gasteiger partial charge in [0.15, 0.2) is 0 Å². The van der Waals surface area contributed by atoms with Crippen molar-refractivity contribution in [2.75, 3.05) is 0 Å². The Hall–Kier alpha value is -1.62. The predicted molar refractivity (Wildman–Crippen MR) is 76.5 cm³/mol. The van der Waals surface area contributed by atoms with Crippen LogP contribution in [0.25, 0.3) is 0 Å². The smallest absolute Gasteiger partial charge is 0.309 e. The molecule has 0 radical (unpaired) electrons. The predicted octanol–water partition coefficient (Wildman–Crippen LogP) is 3.25. The van der Waals surface area contributed by atoms with Crippen LogP contribution in [0.3, 0.4) is 0 Å². The molecular formula is C15H17ClFNO3. The van der Waals surface area contributed by atoms with Gasteiger partial charge in [-0.25, -0.2) is 4.39 Å². The lowest BCUT2D eigenvalue weighted by Crippen LogP contribution is -2.44. The monoisotopic (exact) mass is 313 g/mol. The summed E-state index contributed by atoms with van der Waals surface area (Å²) >= 11 is 5.67. The van der Waals surface area contributed by atoms with Crippen molar-refractivity contribution in [2.24, 2.45) is 5.92 Å². The maximum Gasteiger partial charge on any atom is 0.309 e. The number of carbonyl (C=O) groups is 2. The third-order valence-corrected chi connectivity index (χ3v) is 3.95. The van der Waals surface area contributed by atoms with Crippen LogP contribution in [0.5, 0.6) is 0 Å². The molecule has 1 saturated heterocycles. The maximum atomic E-state index is 13.7. The van der Waals surface area contributed by atoms with E-state index in [2.05, 4.69) is 0 Å². The average molecular weight is 314 g/mol. The van der Waals surface area contributed by atoms with Gasteiger partial charge in [-0.1, -0.05) is 17.7 Å². The van der Waals surface area contributed by atoms with Crippen molar-refractivity contribution in [3.63, 3.8) is 0 Å². The number of rotatable bonds is 2. The van der Waals surface area contributed by atoms with E-state index in [9.17, 15) is 19.1 Å². The van der Waals surface area contributed by atoms with E-state index >= 15 is 0 Å². The molecule has 2 rings (SSSR count). The fourth-order valence-electron chi connectivity index (χ4n) is 2.82. The second kappa shape index (κ2) is 5.30. The topological polar surface area (TPSA) is 57.6 Å². The molecule has 1 aliphatic heterocycles. The standard InChI is InChI=1S/C15H17ClFNO3/c1-15(2,3)18-12(19)7-9(14(20)21)13(18)8-4-5-10(16)11(17)6-8/h4-6,9,13H,7H2,1-3H3,(H,20,21)/t9-,13+/m0/s1. The Labute approximate surface area is 127 Å². The number of aliphatic carboxylic acids is 1. The number of likely N-dealkylation sites (tertiary alicyclic amines) is 1. The van der Waals surface area contributed by atoms with Gasteiger partial charge in [-0.3, -0.25) is 9.59 Å². The molecule has 114 valence electrons. The van der Waals surface area contributed by atoms with Crippen LogP contribution < -0.4 is 0 Å². The van der Waals surface area contributed by atoms with E-state index in [0.717, 1.165) is 0 Å². The minimum atomic E-state index is -1.06. The van der Waals surface area contributed by atoms with Crippen LogP contribution in [0, 0.1) is 11.7 Å². The minimum absolute atomic E-state index is 0.0303. The van der Waals surface area contributed by atoms with Gasteiger partial charge in [0.2, 0.25) is 5.91 Å². The summed E-state index contributed by atoms with van der Waals surface area (Å²) < 4.78 is 13.7. The van der Waals surface area contributed by atoms with Crippen molar-refractivity contribution >= 4 is 23.5 Å². The van der Waals surface area contributed by atoms with Gasteiger partial charge in [-0.05, 0) is 38.5 Å². The van der Waals surface area contributed by atoms with Crippen molar-refractivity contribution in [1.29, 1.82) is 0 Å². The molecule has 0 unspecified atom stereocenters. The molecule has 0 bridgehead atoms. The molecule has 6 heteroatoms. The SMILES string of the molecule is CC(C)(C)N1C(=O)C[C@H](C(=O)O)[C@H]1c1ccc(Cl)c(F)c1. The first-order chi connectivity index (χ1) is 9.62. The van der Waals surface area contributed by atoms with Crippen LogP contribution in [0.2, 0.25) is 5.02 Å². The van der Waals surface area contributed by atoms with Crippen LogP contribution in [-0.2, 0) is 9.59 Å². The second-order valence-electron chi connectivity index (χ2n) is 6.20. The zero-order valence-corrected chi connectivity index (χ0v) is 12.8. The Balaban J connectivity index is 2.54. The molecule has 0 aliphatic carbocycles. The van der Waals surface area contributed by atoms with E-state index in [1.165, 1.54) is 17.0 Å². The lowest BCUT2D eigenvalue weighted by Gasteiger charge is -2.38. The molecule has 1 aliphatic rings. The maximum absolute atomic E-state index is 13.7. The second-order valence-corrected chi connectivity index (χ2v) is 6.61. The normalized spacial score (nSPS) is 22.7. The number of hydrogen-bond acceptors (Lipinski definition) is 2. The molecular weight excluding hydrogens is 297 g/mol. The Morgan fingerprint density at radius 1 is 1.43 bits per heavy atom. The van der Waals surface area contributed by atoms with Crippen molar-refractivity contribution < 1.29 is 19.1 Å². The molecule has 1 fully saturated rings. The number of carboxylic acid groups (broad SMARTS) is 1. The summed E-state index contributed by atoms with van der Waals surface area (Å²) in [6, 6.07) is 3.47. The van der Waals surface area contributed by atoms with Crippen molar-refractivity contribution in [1.82, 2.24) is 4.90 Å². The van der Waals surface area contributed by atoms with Crippen molar-refractivity contribution in [2.45, 2.75) is 38.8 Å². The van der Waals surface area contributed by atoms with E-state index < -0.39 is 29.3 Å². The molecule has 1 heterocycles. The highest BCUT2D eigenvalue weighted by Crippen LogP contribution is 2.43. The molecule has 0 aromatic heterocycles. The van der Waals surface area contributed by atoms with Crippen LogP contribution in [0.15, 0.2) is 18.2 Å². The van der Waals surface area contributed by atoms with Gasteiger partial charge in [0, 0.05) is 12.0 Å². The summed E-state index contributed by atoms with van der Waals surface area (Å²) in [4.78, 5) is 25.2. The highest BCUT2D eigenvalue weighted by atomic mass is 35.5. The van der Waals surface area contributed by atoms with Crippen LogP contribution in [-0.4, -0.2) is 27.4 Å². The van der Waals surface area contributed by atoms with E-state index in [0.29, 0.717) is 5.56 Å². The molecule has 1 aromatic carbocycles. The summed E-state index contributed by atoms with van der Waals surface area (Å²) in [5, 5.41) is 9.34. The lowest BCUT2D eigenvalue weighted by molar-refractivity contribution is -0.142. The zero-order chi connectivity index (χ0) is 15.9. The highest BCUT2D eigenvalue weighted by molar-refractivity contribution is 6.30. The summed E-state index contributed by atoms with van der Waals surface area (Å²) in [6.07, 6.45) is -0.0818. The third kappa shape index (κ3) is 2.88. The molecule has 1 amide bonds. The van der Waals surface area contributed by atoms with Gasteiger partial charge < -0.3 is 10.0 Å². The number of amides is 1. The summed E-state index contributed by atoms with van der Waals surface area (Å²) in [6.45, 7) is 5.48. The third-order valence-electron chi connectivity index (χ3n) is 3.65. The first kappa shape index (κ1) is 15.8. The first-order valence-corrected chi connectivity index (χ1v) is 7.00. The number of carboxylic acids is 1. The Kier molecular flexibility index (Phi) is 3.97. The molecule has 4 nitrogen and oxygen atoms in total. The summed E-state index contributed by atoms with van der Waals surface area (Å²) in [5.41, 5.74) is -0.104. The van der Waals surface area contributed by atoms with Gasteiger partial charge in [0.05, 0.1) is 17.0 Å². The number of benzene rings is 1. The highest BCUT2D eigenvalue weighted by Gasteiger charge is 2.48. The van der Waals surface area contributed by atoms with Crippen LogP contribution in [0.1, 0.15) is 38.8 Å². The Bertz CT molecular complexity index is 597. The molecule has 0 spiro atoms. The van der Waals surface area contributed by atoms with E-state index in [-0.39, 0.29) is 17.4 Å². The lowest BCUT2D eigenvalue weighted by atomic mass is 9.91. The zero-order valence-electron chi connectivity index (χ0n) is 12.1. The fraction of sp³-hybridized carbons (Fsp3) is 0.467. The molecule has 1 N–H and O–H groups in total. The Morgan fingerprint density at radius 2 is 2.05 bits per heavy atom.